The highest BCUT2D eigenvalue weighted by Gasteiger charge is 2.23. The van der Waals surface area contributed by atoms with Crippen LogP contribution >= 0.6 is 0 Å². The van der Waals surface area contributed by atoms with Crippen LogP contribution in [0.3, 0.4) is 0 Å². The van der Waals surface area contributed by atoms with Gasteiger partial charge in [-0.05, 0) is 62.2 Å². The zero-order chi connectivity index (χ0) is 19.1. The van der Waals surface area contributed by atoms with Gasteiger partial charge in [0.25, 0.3) is 0 Å². The van der Waals surface area contributed by atoms with Gasteiger partial charge in [0.1, 0.15) is 11.7 Å². The Balaban J connectivity index is 2.08. The van der Waals surface area contributed by atoms with E-state index in [4.69, 9.17) is 10.00 Å². The molecule has 0 aromatic heterocycles. The Labute approximate surface area is 154 Å². The highest BCUT2D eigenvalue weighted by atomic mass is 16.5. The minimum Gasteiger partial charge on any atom is -0.491 e. The van der Waals surface area contributed by atoms with E-state index in [2.05, 4.69) is 6.07 Å². The van der Waals surface area contributed by atoms with Gasteiger partial charge >= 0.3 is 0 Å². The second-order valence-corrected chi connectivity index (χ2v) is 6.25. The van der Waals surface area contributed by atoms with Gasteiger partial charge in [0.05, 0.1) is 23.8 Å². The molecule has 0 N–H and O–H groups in total. The van der Waals surface area contributed by atoms with Gasteiger partial charge in [-0.1, -0.05) is 12.1 Å². The second-order valence-electron chi connectivity index (χ2n) is 6.25. The third-order valence-electron chi connectivity index (χ3n) is 3.90. The maximum absolute atomic E-state index is 12.7. The molecule has 5 nitrogen and oxygen atoms in total. The van der Waals surface area contributed by atoms with Crippen molar-refractivity contribution in [3.8, 4) is 17.9 Å². The third-order valence-corrected chi connectivity index (χ3v) is 3.90. The van der Waals surface area contributed by atoms with E-state index in [-0.39, 0.29) is 12.0 Å². The average molecular weight is 347 g/mol. The van der Waals surface area contributed by atoms with E-state index < -0.39 is 5.92 Å². The van der Waals surface area contributed by atoms with Crippen molar-refractivity contribution < 1.29 is 9.53 Å². The first-order valence-corrected chi connectivity index (χ1v) is 8.37. The van der Waals surface area contributed by atoms with Crippen LogP contribution in [-0.2, 0) is 11.2 Å². The summed E-state index contributed by atoms with van der Waals surface area (Å²) < 4.78 is 5.60. The van der Waals surface area contributed by atoms with Crippen molar-refractivity contribution in [2.24, 2.45) is 5.92 Å². The van der Waals surface area contributed by atoms with Gasteiger partial charge in [-0.3, -0.25) is 4.79 Å². The number of carbonyl (C=O) groups is 1. The summed E-state index contributed by atoms with van der Waals surface area (Å²) >= 11 is 0. The van der Waals surface area contributed by atoms with Crippen molar-refractivity contribution in [1.29, 1.82) is 10.5 Å². The maximum Gasteiger partial charge on any atom is 0.244 e. The monoisotopic (exact) mass is 347 g/mol. The summed E-state index contributed by atoms with van der Waals surface area (Å²) in [4.78, 5) is 14.2. The van der Waals surface area contributed by atoms with Crippen LogP contribution in [0.1, 0.15) is 25.0 Å². The molecular formula is C21H21N3O2. The number of nitriles is 2. The largest absolute Gasteiger partial charge is 0.491 e. The van der Waals surface area contributed by atoms with Crippen LogP contribution in [-0.4, -0.2) is 19.1 Å². The molecule has 0 saturated heterocycles. The van der Waals surface area contributed by atoms with Crippen molar-refractivity contribution in [1.82, 2.24) is 0 Å². The predicted molar refractivity (Wildman–Crippen MR) is 99.6 cm³/mol. The number of amides is 1. The van der Waals surface area contributed by atoms with Crippen LogP contribution in [0.25, 0.3) is 0 Å². The normalized spacial score (nSPS) is 11.3. The van der Waals surface area contributed by atoms with Gasteiger partial charge in [0.15, 0.2) is 0 Å². The fraction of sp³-hybridized carbons (Fsp3) is 0.286. The molecule has 26 heavy (non-hydrogen) atoms. The SMILES string of the molecule is CC(C)Oc1ccc(N(C)C(=O)C(C#N)Cc2ccc(C#N)cc2)cc1. The van der Waals surface area contributed by atoms with Crippen molar-refractivity contribution in [3.63, 3.8) is 0 Å². The Bertz CT molecular complexity index is 828. The van der Waals surface area contributed by atoms with E-state index in [0.717, 1.165) is 11.3 Å². The third kappa shape index (κ3) is 4.84. The van der Waals surface area contributed by atoms with E-state index in [9.17, 15) is 10.1 Å². The van der Waals surface area contributed by atoms with Crippen LogP contribution in [0.2, 0.25) is 0 Å². The molecule has 2 rings (SSSR count). The topological polar surface area (TPSA) is 77.1 Å². The van der Waals surface area contributed by atoms with Crippen molar-refractivity contribution in [3.05, 3.63) is 59.7 Å². The van der Waals surface area contributed by atoms with Gasteiger partial charge in [0.2, 0.25) is 5.91 Å². The molecular weight excluding hydrogens is 326 g/mol. The number of hydrogen-bond donors (Lipinski definition) is 0. The summed E-state index contributed by atoms with van der Waals surface area (Å²) in [5, 5.41) is 18.3. The first-order valence-electron chi connectivity index (χ1n) is 8.37. The Morgan fingerprint density at radius 1 is 1.08 bits per heavy atom. The molecule has 1 amide bonds. The average Bonchev–Trinajstić information content (AvgIpc) is 2.65. The number of anilines is 1. The first-order chi connectivity index (χ1) is 12.4. The lowest BCUT2D eigenvalue weighted by atomic mass is 9.98. The highest BCUT2D eigenvalue weighted by molar-refractivity contribution is 5.96. The summed E-state index contributed by atoms with van der Waals surface area (Å²) in [6.07, 6.45) is 0.385. The van der Waals surface area contributed by atoms with E-state index in [1.165, 1.54) is 4.90 Å². The molecule has 0 spiro atoms. The Morgan fingerprint density at radius 3 is 2.19 bits per heavy atom. The number of nitrogens with zero attached hydrogens (tertiary/aromatic N) is 3. The number of benzene rings is 2. The summed E-state index contributed by atoms with van der Waals surface area (Å²) in [6.45, 7) is 3.90. The van der Waals surface area contributed by atoms with Crippen LogP contribution in [0.5, 0.6) is 5.75 Å². The summed E-state index contributed by atoms with van der Waals surface area (Å²) in [6, 6.07) is 18.3. The number of carbonyl (C=O) groups excluding carboxylic acids is 1. The highest BCUT2D eigenvalue weighted by Crippen LogP contribution is 2.22. The van der Waals surface area contributed by atoms with Crippen LogP contribution < -0.4 is 9.64 Å². The molecule has 1 unspecified atom stereocenters. The molecule has 0 fully saturated rings. The maximum atomic E-state index is 12.7. The van der Waals surface area contributed by atoms with E-state index in [0.29, 0.717) is 17.7 Å². The molecule has 2 aromatic rings. The van der Waals surface area contributed by atoms with Gasteiger partial charge in [-0.2, -0.15) is 10.5 Å². The van der Waals surface area contributed by atoms with Crippen LogP contribution in [0, 0.1) is 28.6 Å². The molecule has 0 aliphatic carbocycles. The van der Waals surface area contributed by atoms with Crippen molar-refractivity contribution in [2.45, 2.75) is 26.4 Å². The molecule has 1 atom stereocenters. The number of ether oxygens (including phenoxy) is 1. The van der Waals surface area contributed by atoms with E-state index in [1.807, 2.05) is 19.9 Å². The fourth-order valence-electron chi connectivity index (χ4n) is 2.52. The summed E-state index contributed by atoms with van der Waals surface area (Å²) in [7, 11) is 1.66. The van der Waals surface area contributed by atoms with E-state index in [1.54, 1.807) is 55.6 Å². The molecule has 5 heteroatoms. The molecule has 0 saturated carbocycles. The fourth-order valence-corrected chi connectivity index (χ4v) is 2.52. The summed E-state index contributed by atoms with van der Waals surface area (Å²) in [5.74, 6) is -0.326. The quantitative estimate of drug-likeness (QED) is 0.798. The first kappa shape index (κ1) is 19.0. The lowest BCUT2D eigenvalue weighted by Crippen LogP contribution is -2.33. The number of rotatable bonds is 6. The second kappa shape index (κ2) is 8.69. The van der Waals surface area contributed by atoms with Gasteiger partial charge in [0, 0.05) is 12.7 Å². The molecule has 0 aliphatic heterocycles. The van der Waals surface area contributed by atoms with E-state index >= 15 is 0 Å². The zero-order valence-electron chi connectivity index (χ0n) is 15.1. The van der Waals surface area contributed by atoms with Gasteiger partial charge in [-0.25, -0.2) is 0 Å². The number of hydrogen-bond acceptors (Lipinski definition) is 4. The minimum absolute atomic E-state index is 0.0793. The van der Waals surface area contributed by atoms with Gasteiger partial charge < -0.3 is 9.64 Å². The summed E-state index contributed by atoms with van der Waals surface area (Å²) in [5.41, 5.74) is 2.10. The lowest BCUT2D eigenvalue weighted by Gasteiger charge is -2.21. The molecule has 0 radical (unpaired) electrons. The van der Waals surface area contributed by atoms with Crippen molar-refractivity contribution in [2.75, 3.05) is 11.9 Å². The smallest absolute Gasteiger partial charge is 0.244 e. The standard InChI is InChI=1S/C21H21N3O2/c1-15(2)26-20-10-8-19(9-11-20)24(3)21(25)18(14-23)12-16-4-6-17(13-22)7-5-16/h4-11,15,18H,12H2,1-3H3. The molecule has 132 valence electrons. The molecule has 0 bridgehead atoms. The van der Waals surface area contributed by atoms with Crippen LogP contribution in [0.4, 0.5) is 5.69 Å². The minimum atomic E-state index is -0.792. The van der Waals surface area contributed by atoms with Crippen LogP contribution in [0.15, 0.2) is 48.5 Å². The van der Waals surface area contributed by atoms with Gasteiger partial charge in [-0.15, -0.1) is 0 Å². The molecule has 0 aliphatic rings. The molecule has 0 heterocycles. The Morgan fingerprint density at radius 2 is 1.69 bits per heavy atom. The Hall–Kier alpha value is -3.31. The zero-order valence-corrected chi connectivity index (χ0v) is 15.1. The van der Waals surface area contributed by atoms with Crippen molar-refractivity contribution >= 4 is 11.6 Å². The molecule has 2 aromatic carbocycles. The predicted octanol–water partition coefficient (Wildman–Crippen LogP) is 3.69. The lowest BCUT2D eigenvalue weighted by molar-refractivity contribution is -0.120. The Kier molecular flexibility index (Phi) is 6.36.